The van der Waals surface area contributed by atoms with Crippen LogP contribution in [-0.4, -0.2) is 33.4 Å². The lowest BCUT2D eigenvalue weighted by Gasteiger charge is -2.43. The number of para-hydroxylation sites is 1. The van der Waals surface area contributed by atoms with Crippen LogP contribution in [0.2, 0.25) is 0 Å². The molecule has 2 amide bonds. The second kappa shape index (κ2) is 7.67. The van der Waals surface area contributed by atoms with Crippen LogP contribution in [0.3, 0.4) is 0 Å². The maximum atomic E-state index is 13.6. The second-order valence-electron chi connectivity index (χ2n) is 8.79. The van der Waals surface area contributed by atoms with Crippen LogP contribution < -0.4 is 5.32 Å². The van der Waals surface area contributed by atoms with Gasteiger partial charge in [0, 0.05) is 17.4 Å². The summed E-state index contributed by atoms with van der Waals surface area (Å²) in [4.78, 5) is 28.6. The molecule has 6 heteroatoms. The van der Waals surface area contributed by atoms with Crippen molar-refractivity contribution >= 4 is 22.7 Å². The Morgan fingerprint density at radius 3 is 2.70 bits per heavy atom. The topological polar surface area (TPSA) is 67.5 Å². The van der Waals surface area contributed by atoms with Gasteiger partial charge in [-0.25, -0.2) is 0 Å². The fraction of sp³-hybridized carbons (Fsp3) is 0.417. The van der Waals surface area contributed by atoms with E-state index >= 15 is 0 Å². The molecule has 158 valence electrons. The van der Waals surface area contributed by atoms with Crippen molar-refractivity contribution in [2.24, 2.45) is 5.92 Å². The number of amides is 2. The van der Waals surface area contributed by atoms with Crippen molar-refractivity contribution in [3.8, 4) is 0 Å². The third kappa shape index (κ3) is 3.51. The van der Waals surface area contributed by atoms with Crippen molar-refractivity contribution in [1.82, 2.24) is 14.8 Å². The lowest BCUT2D eigenvalue weighted by Crippen LogP contribution is -2.63. The quantitative estimate of drug-likeness (QED) is 0.668. The molecule has 1 atom stereocenters. The van der Waals surface area contributed by atoms with Crippen LogP contribution in [0, 0.1) is 12.8 Å². The Morgan fingerprint density at radius 2 is 2.00 bits per heavy atom. The number of aromatic nitrogens is 1. The molecule has 2 aromatic heterocycles. The highest BCUT2D eigenvalue weighted by atomic mass is 16.3. The number of hydrogen-bond acceptors (Lipinski definition) is 3. The Bertz CT molecular complexity index is 1090. The highest BCUT2D eigenvalue weighted by Gasteiger charge is 2.47. The molecule has 0 aliphatic carbocycles. The Kier molecular flexibility index (Phi) is 5.18. The zero-order valence-electron chi connectivity index (χ0n) is 18.1. The van der Waals surface area contributed by atoms with Crippen LogP contribution >= 0.6 is 0 Å². The molecule has 6 nitrogen and oxygen atoms in total. The van der Waals surface area contributed by atoms with E-state index in [1.807, 2.05) is 60.9 Å². The van der Waals surface area contributed by atoms with E-state index in [-0.39, 0.29) is 18.4 Å². The molecule has 3 heterocycles. The van der Waals surface area contributed by atoms with Crippen LogP contribution in [-0.2, 0) is 17.9 Å². The SMILES string of the molecule is Cc1ccc(CN2C(=O)c3cc4ccccc4n3C[C@]2(C)C(=O)NCCC(C)C)o1. The summed E-state index contributed by atoms with van der Waals surface area (Å²) in [6, 6.07) is 13.6. The molecule has 1 aromatic carbocycles. The summed E-state index contributed by atoms with van der Waals surface area (Å²) in [5.41, 5.74) is 0.547. The number of furan rings is 1. The first-order valence-corrected chi connectivity index (χ1v) is 10.5. The Balaban J connectivity index is 1.73. The van der Waals surface area contributed by atoms with Gasteiger partial charge in [-0.3, -0.25) is 9.59 Å². The molecule has 3 aromatic rings. The number of benzene rings is 1. The van der Waals surface area contributed by atoms with Gasteiger partial charge in [-0.1, -0.05) is 32.0 Å². The molecule has 1 aliphatic heterocycles. The van der Waals surface area contributed by atoms with E-state index in [2.05, 4.69) is 19.2 Å². The predicted molar refractivity (Wildman–Crippen MR) is 116 cm³/mol. The van der Waals surface area contributed by atoms with Gasteiger partial charge in [0.05, 0.1) is 13.1 Å². The minimum atomic E-state index is -1.02. The normalized spacial score (nSPS) is 18.8. The monoisotopic (exact) mass is 407 g/mol. The molecule has 0 saturated heterocycles. The minimum Gasteiger partial charge on any atom is -0.464 e. The maximum absolute atomic E-state index is 13.6. The molecule has 4 rings (SSSR count). The summed E-state index contributed by atoms with van der Waals surface area (Å²) in [7, 11) is 0. The molecule has 30 heavy (non-hydrogen) atoms. The summed E-state index contributed by atoms with van der Waals surface area (Å²) >= 11 is 0. The molecular formula is C24H29N3O3. The van der Waals surface area contributed by atoms with Gasteiger partial charge in [-0.05, 0) is 50.5 Å². The first-order valence-electron chi connectivity index (χ1n) is 10.5. The number of carbonyl (C=O) groups is 2. The van der Waals surface area contributed by atoms with E-state index in [0.717, 1.165) is 23.1 Å². The van der Waals surface area contributed by atoms with Crippen LogP contribution in [0.4, 0.5) is 0 Å². The maximum Gasteiger partial charge on any atom is 0.271 e. The summed E-state index contributed by atoms with van der Waals surface area (Å²) in [5.74, 6) is 1.66. The number of hydrogen-bond donors (Lipinski definition) is 1. The summed E-state index contributed by atoms with van der Waals surface area (Å²) in [5, 5.41) is 4.06. The van der Waals surface area contributed by atoms with Gasteiger partial charge in [0.25, 0.3) is 5.91 Å². The Hall–Kier alpha value is -3.02. The molecule has 0 saturated carbocycles. The van der Waals surface area contributed by atoms with Crippen molar-refractivity contribution in [1.29, 1.82) is 0 Å². The van der Waals surface area contributed by atoms with E-state index in [9.17, 15) is 9.59 Å². The van der Waals surface area contributed by atoms with Crippen molar-refractivity contribution in [3.63, 3.8) is 0 Å². The number of rotatable bonds is 6. The van der Waals surface area contributed by atoms with Crippen molar-refractivity contribution in [2.45, 2.75) is 52.7 Å². The zero-order chi connectivity index (χ0) is 21.5. The summed E-state index contributed by atoms with van der Waals surface area (Å²) < 4.78 is 7.71. The number of carbonyl (C=O) groups excluding carboxylic acids is 2. The Labute approximate surface area is 176 Å². The predicted octanol–water partition coefficient (Wildman–Crippen LogP) is 4.12. The van der Waals surface area contributed by atoms with Gasteiger partial charge >= 0.3 is 0 Å². The number of aryl methyl sites for hydroxylation is 1. The molecule has 0 radical (unpaired) electrons. The fourth-order valence-corrected chi connectivity index (χ4v) is 4.14. The number of nitrogens with zero attached hydrogens (tertiary/aromatic N) is 2. The van der Waals surface area contributed by atoms with Gasteiger partial charge < -0.3 is 19.2 Å². The van der Waals surface area contributed by atoms with Gasteiger partial charge in [-0.15, -0.1) is 0 Å². The molecular weight excluding hydrogens is 378 g/mol. The average molecular weight is 408 g/mol. The summed E-state index contributed by atoms with van der Waals surface area (Å²) in [6.45, 7) is 9.22. The fourth-order valence-electron chi connectivity index (χ4n) is 4.14. The zero-order valence-corrected chi connectivity index (χ0v) is 18.1. The van der Waals surface area contributed by atoms with Crippen molar-refractivity contribution < 1.29 is 14.0 Å². The van der Waals surface area contributed by atoms with E-state index < -0.39 is 5.54 Å². The van der Waals surface area contributed by atoms with E-state index in [4.69, 9.17) is 4.42 Å². The molecule has 1 N–H and O–H groups in total. The van der Waals surface area contributed by atoms with Crippen LogP contribution in [0.25, 0.3) is 10.9 Å². The first-order chi connectivity index (χ1) is 14.3. The largest absolute Gasteiger partial charge is 0.464 e. The van der Waals surface area contributed by atoms with Gasteiger partial charge in [0.2, 0.25) is 5.91 Å². The second-order valence-corrected chi connectivity index (χ2v) is 8.79. The number of fused-ring (bicyclic) bond motifs is 3. The van der Waals surface area contributed by atoms with E-state index in [1.54, 1.807) is 4.90 Å². The van der Waals surface area contributed by atoms with Crippen LogP contribution in [0.5, 0.6) is 0 Å². The molecule has 0 spiro atoms. The summed E-state index contributed by atoms with van der Waals surface area (Å²) in [6.07, 6.45) is 0.894. The number of nitrogens with one attached hydrogen (secondary N) is 1. The minimum absolute atomic E-state index is 0.136. The standard InChI is InChI=1S/C24H29N3O3/c1-16(2)11-12-25-23(29)24(4)15-26-20-8-6-5-7-18(20)13-21(26)22(28)27(24)14-19-10-9-17(3)30-19/h5-10,13,16H,11-12,14-15H2,1-4H3,(H,25,29)/t24-/m1/s1. The Morgan fingerprint density at radius 1 is 1.23 bits per heavy atom. The third-order valence-corrected chi connectivity index (χ3v) is 5.94. The molecule has 0 bridgehead atoms. The molecule has 0 unspecified atom stereocenters. The third-order valence-electron chi connectivity index (χ3n) is 5.94. The van der Waals surface area contributed by atoms with E-state index in [0.29, 0.717) is 30.5 Å². The average Bonchev–Trinajstić information content (AvgIpc) is 3.28. The first kappa shape index (κ1) is 20.3. The van der Waals surface area contributed by atoms with Crippen LogP contribution in [0.1, 0.15) is 49.2 Å². The lowest BCUT2D eigenvalue weighted by atomic mass is 9.94. The smallest absolute Gasteiger partial charge is 0.271 e. The van der Waals surface area contributed by atoms with E-state index in [1.165, 1.54) is 0 Å². The van der Waals surface area contributed by atoms with Gasteiger partial charge in [0.15, 0.2) is 0 Å². The molecule has 0 fully saturated rings. The van der Waals surface area contributed by atoms with Gasteiger partial charge in [-0.2, -0.15) is 0 Å². The van der Waals surface area contributed by atoms with Gasteiger partial charge in [0.1, 0.15) is 22.8 Å². The van der Waals surface area contributed by atoms with Crippen LogP contribution in [0.15, 0.2) is 46.9 Å². The van der Waals surface area contributed by atoms with Crippen molar-refractivity contribution in [3.05, 3.63) is 59.7 Å². The highest BCUT2D eigenvalue weighted by molar-refractivity contribution is 6.03. The lowest BCUT2D eigenvalue weighted by molar-refractivity contribution is -0.133. The van der Waals surface area contributed by atoms with Crippen molar-refractivity contribution in [2.75, 3.05) is 6.54 Å². The highest BCUT2D eigenvalue weighted by Crippen LogP contribution is 2.33. The molecule has 1 aliphatic rings.